The Morgan fingerprint density at radius 2 is 1.70 bits per heavy atom. The van der Waals surface area contributed by atoms with Crippen LogP contribution in [0.2, 0.25) is 0 Å². The van der Waals surface area contributed by atoms with Crippen LogP contribution < -0.4 is 21.3 Å². The van der Waals surface area contributed by atoms with E-state index < -0.39 is 0 Å². The Hall–Kier alpha value is -4.41. The van der Waals surface area contributed by atoms with Gasteiger partial charge in [0, 0.05) is 10.6 Å². The van der Waals surface area contributed by atoms with E-state index in [0.717, 1.165) is 42.5 Å². The van der Waals surface area contributed by atoms with E-state index >= 15 is 0 Å². The fourth-order valence-electron chi connectivity index (χ4n) is 7.29. The summed E-state index contributed by atoms with van der Waals surface area (Å²) in [5.41, 5.74) is 8.25. The molecule has 4 aromatic rings. The van der Waals surface area contributed by atoms with Crippen LogP contribution in [0, 0.1) is 11.8 Å². The molecule has 4 unspecified atom stereocenters. The zero-order valence-corrected chi connectivity index (χ0v) is 24.4. The molecule has 8 rings (SSSR count). The largest absolute Gasteiger partial charge is 0.456 e. The second-order valence-electron chi connectivity index (χ2n) is 12.2. The molecule has 0 radical (unpaired) electrons. The van der Waals surface area contributed by atoms with Crippen molar-refractivity contribution < 1.29 is 4.42 Å². The molecule has 4 nitrogen and oxygen atoms in total. The van der Waals surface area contributed by atoms with Gasteiger partial charge in [0.05, 0.1) is 0 Å². The molecule has 0 fully saturated rings. The molecule has 4 heteroatoms. The molecule has 0 bridgehead atoms. The third-order valence-electron chi connectivity index (χ3n) is 9.48. The van der Waals surface area contributed by atoms with Crippen LogP contribution in [0.25, 0.3) is 33.7 Å². The first-order valence-corrected chi connectivity index (χ1v) is 15.8. The lowest BCUT2D eigenvalue weighted by Gasteiger charge is -2.36. The van der Waals surface area contributed by atoms with Crippen LogP contribution in [0.15, 0.2) is 124 Å². The van der Waals surface area contributed by atoms with Crippen LogP contribution in [0.1, 0.15) is 50.3 Å². The zero-order valence-electron chi connectivity index (χ0n) is 24.4. The van der Waals surface area contributed by atoms with Crippen molar-refractivity contribution in [1.29, 1.82) is 0 Å². The summed E-state index contributed by atoms with van der Waals surface area (Å²) in [6.45, 7) is 0. The third kappa shape index (κ3) is 5.10. The Morgan fingerprint density at radius 3 is 2.53 bits per heavy atom. The lowest BCUT2D eigenvalue weighted by Crippen LogP contribution is -2.54. The molecule has 1 aliphatic heterocycles. The molecular weight excluding hydrogens is 526 g/mol. The normalized spacial score (nSPS) is 25.0. The number of allylic oxidation sites excluding steroid dienone is 5. The predicted molar refractivity (Wildman–Crippen MR) is 176 cm³/mol. The molecule has 0 saturated heterocycles. The number of furan rings is 1. The maximum atomic E-state index is 6.45. The zero-order chi connectivity index (χ0) is 28.6. The van der Waals surface area contributed by atoms with Gasteiger partial charge in [0.2, 0.25) is 0 Å². The number of nitrogens with zero attached hydrogens (tertiary/aromatic N) is 1. The molecule has 0 amide bonds. The summed E-state index contributed by atoms with van der Waals surface area (Å²) in [5, 5.41) is 10.2. The van der Waals surface area contributed by atoms with Crippen molar-refractivity contribution in [3.63, 3.8) is 0 Å². The standard InChI is InChI=1S/C39H37N3O/c1-4-12-26(13-5-1)29-18-10-19-31(24-29)38-40-37(28-16-8-3-9-17-28)41-39(42-38)32-20-11-21-35-36(32)33-25-30(22-23-34(33)43-35)27-14-6-2-7-15-27/h1-9,12,14-17,21-26,29,37,39,41H,10-11,13,18-20H2,(H,40,42). The summed E-state index contributed by atoms with van der Waals surface area (Å²) in [5.74, 6) is 2.17. The highest BCUT2D eigenvalue weighted by Gasteiger charge is 2.31. The van der Waals surface area contributed by atoms with Gasteiger partial charge in [-0.1, -0.05) is 97.1 Å². The van der Waals surface area contributed by atoms with Crippen molar-refractivity contribution in [3.05, 3.63) is 131 Å². The molecule has 3 aromatic carbocycles. The smallest absolute Gasteiger partial charge is 0.135 e. The molecule has 214 valence electrons. The highest BCUT2D eigenvalue weighted by molar-refractivity contribution is 6.00. The topological polar surface area (TPSA) is 49.6 Å². The fourth-order valence-corrected chi connectivity index (χ4v) is 7.29. The van der Waals surface area contributed by atoms with Gasteiger partial charge in [-0.2, -0.15) is 0 Å². The summed E-state index contributed by atoms with van der Waals surface area (Å²) < 4.78 is 6.45. The maximum absolute atomic E-state index is 6.45. The van der Waals surface area contributed by atoms with Gasteiger partial charge >= 0.3 is 0 Å². The fraction of sp³-hybridized carbons (Fsp3) is 0.256. The van der Waals surface area contributed by atoms with E-state index in [9.17, 15) is 0 Å². The Kier molecular flexibility index (Phi) is 6.92. The number of nitrogens with one attached hydrogen (secondary N) is 2. The lowest BCUT2D eigenvalue weighted by molar-refractivity contribution is 0.413. The molecule has 43 heavy (non-hydrogen) atoms. The third-order valence-corrected chi connectivity index (χ3v) is 9.48. The van der Waals surface area contributed by atoms with Crippen LogP contribution in [-0.2, 0) is 0 Å². The maximum Gasteiger partial charge on any atom is 0.135 e. The van der Waals surface area contributed by atoms with E-state index in [-0.39, 0.29) is 12.3 Å². The first-order chi connectivity index (χ1) is 21.3. The Labute approximate surface area is 252 Å². The van der Waals surface area contributed by atoms with Gasteiger partial charge in [0.15, 0.2) is 0 Å². The van der Waals surface area contributed by atoms with Crippen LogP contribution in [0.3, 0.4) is 0 Å². The minimum Gasteiger partial charge on any atom is -0.456 e. The van der Waals surface area contributed by atoms with Crippen molar-refractivity contribution in [1.82, 2.24) is 10.6 Å². The Bertz CT molecular complexity index is 1890. The summed E-state index contributed by atoms with van der Waals surface area (Å²) in [4.78, 5) is 5.31. The van der Waals surface area contributed by atoms with Crippen LogP contribution in [-0.4, -0.2) is 12.0 Å². The molecule has 0 saturated carbocycles. The second-order valence-corrected chi connectivity index (χ2v) is 12.2. The van der Waals surface area contributed by atoms with Crippen LogP contribution in [0.4, 0.5) is 0 Å². The van der Waals surface area contributed by atoms with Gasteiger partial charge < -0.3 is 9.73 Å². The van der Waals surface area contributed by atoms with Gasteiger partial charge in [-0.3, -0.25) is 5.32 Å². The molecule has 4 aliphatic rings. The second kappa shape index (κ2) is 11.3. The highest BCUT2D eigenvalue weighted by Crippen LogP contribution is 2.34. The number of aliphatic imine (C=N–C) groups is 1. The Morgan fingerprint density at radius 1 is 0.837 bits per heavy atom. The van der Waals surface area contributed by atoms with E-state index in [1.807, 2.05) is 0 Å². The van der Waals surface area contributed by atoms with Crippen molar-refractivity contribution in [2.45, 2.75) is 50.9 Å². The number of fused-ring (bicyclic) bond motifs is 3. The van der Waals surface area contributed by atoms with Crippen molar-refractivity contribution in [3.8, 4) is 11.1 Å². The minimum absolute atomic E-state index is 0.0508. The van der Waals surface area contributed by atoms with Crippen LogP contribution >= 0.6 is 0 Å². The van der Waals surface area contributed by atoms with Crippen LogP contribution in [0.5, 0.6) is 0 Å². The van der Waals surface area contributed by atoms with E-state index in [4.69, 9.17) is 9.41 Å². The van der Waals surface area contributed by atoms with Gasteiger partial charge in [-0.05, 0) is 96.4 Å². The van der Waals surface area contributed by atoms with Gasteiger partial charge in [0.1, 0.15) is 29.2 Å². The summed E-state index contributed by atoms with van der Waals surface area (Å²) >= 11 is 0. The minimum atomic E-state index is -0.124. The molecule has 0 spiro atoms. The van der Waals surface area contributed by atoms with Gasteiger partial charge in [0.25, 0.3) is 0 Å². The van der Waals surface area contributed by atoms with E-state index in [2.05, 4.69) is 126 Å². The first-order valence-electron chi connectivity index (χ1n) is 15.8. The van der Waals surface area contributed by atoms with Crippen molar-refractivity contribution in [2.75, 3.05) is 0 Å². The molecule has 2 N–H and O–H groups in total. The summed E-state index contributed by atoms with van der Waals surface area (Å²) in [7, 11) is 0. The van der Waals surface area contributed by atoms with Crippen molar-refractivity contribution in [2.24, 2.45) is 16.8 Å². The SMILES string of the molecule is C1=CCC(C2C=C(C3=NC(c4ccccc4)NC(C4=c5c(oc6ccc(-c7ccccc7)cc56)=CCC4)N3)CCC2)C=C1. The van der Waals surface area contributed by atoms with E-state index in [1.165, 1.54) is 51.3 Å². The number of hydrogen-bond donors (Lipinski definition) is 2. The summed E-state index contributed by atoms with van der Waals surface area (Å²) in [6.07, 6.45) is 20.2. The predicted octanol–water partition coefficient (Wildman–Crippen LogP) is 7.30. The molecular formula is C39H37N3O. The molecule has 2 heterocycles. The molecule has 1 aromatic heterocycles. The number of hydrogen-bond acceptors (Lipinski definition) is 4. The van der Waals surface area contributed by atoms with Gasteiger partial charge in [-0.15, -0.1) is 0 Å². The molecule has 4 atom stereocenters. The summed E-state index contributed by atoms with van der Waals surface area (Å²) in [6, 6.07) is 27.9. The first kappa shape index (κ1) is 26.2. The average Bonchev–Trinajstić information content (AvgIpc) is 3.47. The quantitative estimate of drug-likeness (QED) is 0.268. The highest BCUT2D eigenvalue weighted by atomic mass is 16.3. The number of rotatable bonds is 5. The van der Waals surface area contributed by atoms with E-state index in [0.29, 0.717) is 11.8 Å². The Balaban J connectivity index is 1.23. The average molecular weight is 564 g/mol. The monoisotopic (exact) mass is 563 g/mol. The number of benzene rings is 3. The molecule has 3 aliphatic carbocycles. The van der Waals surface area contributed by atoms with Crippen molar-refractivity contribution >= 4 is 28.5 Å². The lowest BCUT2D eigenvalue weighted by atomic mass is 9.78. The number of amidine groups is 1. The van der Waals surface area contributed by atoms with Gasteiger partial charge in [-0.25, -0.2) is 4.99 Å². The van der Waals surface area contributed by atoms with E-state index in [1.54, 1.807) is 0 Å².